The monoisotopic (exact) mass is 350 g/mol. The molecule has 0 bridgehead atoms. The van der Waals surface area contributed by atoms with Gasteiger partial charge >= 0.3 is 6.03 Å². The van der Waals surface area contributed by atoms with Crippen molar-refractivity contribution in [3.63, 3.8) is 0 Å². The molecule has 0 radical (unpaired) electrons. The van der Waals surface area contributed by atoms with Gasteiger partial charge in [0.25, 0.3) is 5.91 Å². The normalized spacial score (nSPS) is 11.0. The number of halogens is 1. The van der Waals surface area contributed by atoms with Gasteiger partial charge in [-0.3, -0.25) is 15.0 Å². The van der Waals surface area contributed by atoms with Crippen molar-refractivity contribution < 1.29 is 14.0 Å². The maximum absolute atomic E-state index is 12.9. The van der Waals surface area contributed by atoms with E-state index in [0.29, 0.717) is 16.5 Å². The predicted octanol–water partition coefficient (Wildman–Crippen LogP) is 3.48. The van der Waals surface area contributed by atoms with Crippen LogP contribution in [0, 0.1) is 5.82 Å². The summed E-state index contributed by atoms with van der Waals surface area (Å²) in [5.74, 6) is -0.356. The quantitative estimate of drug-likeness (QED) is 0.890. The molecule has 0 saturated heterocycles. The molecule has 0 atom stereocenters. The van der Waals surface area contributed by atoms with Crippen LogP contribution in [0.25, 0.3) is 0 Å². The van der Waals surface area contributed by atoms with Crippen LogP contribution in [-0.4, -0.2) is 29.5 Å². The van der Waals surface area contributed by atoms with Gasteiger partial charge in [-0.1, -0.05) is 0 Å². The van der Waals surface area contributed by atoms with Crippen LogP contribution in [0.3, 0.4) is 0 Å². The van der Waals surface area contributed by atoms with E-state index in [9.17, 15) is 14.0 Å². The second kappa shape index (κ2) is 6.96. The van der Waals surface area contributed by atoms with Gasteiger partial charge in [0, 0.05) is 23.5 Å². The molecule has 1 heterocycles. The average molecular weight is 350 g/mol. The lowest BCUT2D eigenvalue weighted by Gasteiger charge is -2.20. The molecule has 0 unspecified atom stereocenters. The minimum atomic E-state index is -0.403. The van der Waals surface area contributed by atoms with Gasteiger partial charge < -0.3 is 5.32 Å². The Morgan fingerprint density at radius 2 is 1.83 bits per heavy atom. The molecule has 0 aliphatic carbocycles. The summed E-state index contributed by atoms with van der Waals surface area (Å²) in [5, 5.41) is 7.45. The van der Waals surface area contributed by atoms with Crippen LogP contribution in [0.2, 0.25) is 0 Å². The van der Waals surface area contributed by atoms with Crippen molar-refractivity contribution in [3.8, 4) is 0 Å². The number of nitrogens with zero attached hydrogens (tertiary/aromatic N) is 2. The van der Waals surface area contributed by atoms with E-state index in [1.165, 1.54) is 40.5 Å². The number of amides is 3. The van der Waals surface area contributed by atoms with Gasteiger partial charge in [-0.2, -0.15) is 0 Å². The Balaban J connectivity index is 2.05. The van der Waals surface area contributed by atoms with Crippen molar-refractivity contribution in [2.45, 2.75) is 26.3 Å². The zero-order valence-corrected chi connectivity index (χ0v) is 14.7. The van der Waals surface area contributed by atoms with E-state index in [1.54, 1.807) is 12.4 Å². The summed E-state index contributed by atoms with van der Waals surface area (Å²) < 4.78 is 12.9. The number of benzene rings is 1. The zero-order chi connectivity index (χ0) is 17.9. The van der Waals surface area contributed by atoms with E-state index in [1.807, 2.05) is 20.8 Å². The highest BCUT2D eigenvalue weighted by Gasteiger charge is 2.18. The topological polar surface area (TPSA) is 74.3 Å². The van der Waals surface area contributed by atoms with Gasteiger partial charge in [-0.05, 0) is 45.0 Å². The van der Waals surface area contributed by atoms with Crippen LogP contribution in [-0.2, 0) is 0 Å². The van der Waals surface area contributed by atoms with E-state index < -0.39 is 5.82 Å². The van der Waals surface area contributed by atoms with E-state index in [2.05, 4.69) is 15.6 Å². The third-order valence-corrected chi connectivity index (χ3v) is 3.82. The molecule has 3 amide bonds. The molecule has 128 valence electrons. The first-order valence-electron chi connectivity index (χ1n) is 7.24. The molecule has 2 rings (SSSR count). The van der Waals surface area contributed by atoms with E-state index >= 15 is 0 Å². The number of hydrogen-bond acceptors (Lipinski definition) is 4. The molecule has 2 aromatic rings. The van der Waals surface area contributed by atoms with Crippen molar-refractivity contribution in [2.24, 2.45) is 0 Å². The smallest absolute Gasteiger partial charge is 0.320 e. The third kappa shape index (κ3) is 4.76. The zero-order valence-electron chi connectivity index (χ0n) is 13.9. The molecule has 2 N–H and O–H groups in total. The maximum atomic E-state index is 12.9. The fourth-order valence-corrected chi connectivity index (χ4v) is 2.56. The third-order valence-electron chi connectivity index (χ3n) is 2.90. The van der Waals surface area contributed by atoms with Crippen LogP contribution in [0.15, 0.2) is 29.6 Å². The van der Waals surface area contributed by atoms with Crippen LogP contribution in [0.5, 0.6) is 0 Å². The largest absolute Gasteiger partial charge is 0.333 e. The second-order valence-corrected chi connectivity index (χ2v) is 7.05. The number of rotatable bonds is 3. The van der Waals surface area contributed by atoms with Crippen LogP contribution in [0.4, 0.5) is 20.1 Å². The molecule has 8 heteroatoms. The summed E-state index contributed by atoms with van der Waals surface area (Å²) in [6.45, 7) is 5.61. The van der Waals surface area contributed by atoms with Gasteiger partial charge in [0.15, 0.2) is 5.13 Å². The van der Waals surface area contributed by atoms with Gasteiger partial charge in [-0.25, -0.2) is 14.2 Å². The summed E-state index contributed by atoms with van der Waals surface area (Å²) in [5.41, 5.74) is -0.00719. The number of carbonyl (C=O) groups is 2. The Hall–Kier alpha value is -2.48. The van der Waals surface area contributed by atoms with Crippen molar-refractivity contribution in [2.75, 3.05) is 17.3 Å². The number of aromatic nitrogens is 1. The molecule has 0 saturated carbocycles. The summed E-state index contributed by atoms with van der Waals surface area (Å²) in [6.07, 6.45) is 0. The summed E-state index contributed by atoms with van der Waals surface area (Å²) in [7, 11) is 1.57. The summed E-state index contributed by atoms with van der Waals surface area (Å²) in [4.78, 5) is 29.7. The molecular weight excluding hydrogens is 331 g/mol. The lowest BCUT2D eigenvalue weighted by atomic mass is 10.1. The fourth-order valence-electron chi connectivity index (χ4n) is 1.84. The highest BCUT2D eigenvalue weighted by atomic mass is 32.1. The summed E-state index contributed by atoms with van der Waals surface area (Å²) >= 11 is 1.22. The average Bonchev–Trinajstić information content (AvgIpc) is 2.92. The SMILES string of the molecule is CN(C(=O)c1ccc(F)cc1)c1nc(NC(=O)NC(C)(C)C)cs1. The molecule has 1 aromatic heterocycles. The molecule has 0 aliphatic heterocycles. The van der Waals surface area contributed by atoms with Crippen molar-refractivity contribution in [1.82, 2.24) is 10.3 Å². The van der Waals surface area contributed by atoms with Crippen LogP contribution in [0.1, 0.15) is 31.1 Å². The Morgan fingerprint density at radius 3 is 2.42 bits per heavy atom. The number of hydrogen-bond donors (Lipinski definition) is 2. The van der Waals surface area contributed by atoms with E-state index in [0.717, 1.165) is 0 Å². The summed E-state index contributed by atoms with van der Waals surface area (Å²) in [6, 6.07) is 4.92. The number of carbonyl (C=O) groups excluding carboxylic acids is 2. The van der Waals surface area contributed by atoms with E-state index in [-0.39, 0.29) is 17.5 Å². The molecule has 6 nitrogen and oxygen atoms in total. The lowest BCUT2D eigenvalue weighted by molar-refractivity contribution is 0.0993. The number of urea groups is 1. The van der Waals surface area contributed by atoms with Crippen molar-refractivity contribution in [3.05, 3.63) is 41.0 Å². The first-order chi connectivity index (χ1) is 11.2. The predicted molar refractivity (Wildman–Crippen MR) is 93.2 cm³/mol. The lowest BCUT2D eigenvalue weighted by Crippen LogP contribution is -2.43. The van der Waals surface area contributed by atoms with E-state index in [4.69, 9.17) is 0 Å². The molecule has 0 spiro atoms. The maximum Gasteiger partial charge on any atom is 0.320 e. The first kappa shape index (κ1) is 17.9. The number of thiazole rings is 1. The highest BCUT2D eigenvalue weighted by Crippen LogP contribution is 2.24. The highest BCUT2D eigenvalue weighted by molar-refractivity contribution is 7.14. The molecular formula is C16H19FN4O2S. The molecule has 24 heavy (non-hydrogen) atoms. The van der Waals surface area contributed by atoms with Crippen molar-refractivity contribution in [1.29, 1.82) is 0 Å². The number of nitrogens with one attached hydrogen (secondary N) is 2. The number of anilines is 2. The standard InChI is InChI=1S/C16H19FN4O2S/c1-16(2,3)20-14(23)18-12-9-24-15(19-12)21(4)13(22)10-5-7-11(17)8-6-10/h5-9H,1-4H3,(H2,18,20,23). The van der Waals surface area contributed by atoms with Crippen LogP contribution < -0.4 is 15.5 Å². The second-order valence-electron chi connectivity index (χ2n) is 6.22. The fraction of sp³-hybridized carbons (Fsp3) is 0.312. The van der Waals surface area contributed by atoms with Gasteiger partial charge in [0.2, 0.25) is 0 Å². The van der Waals surface area contributed by atoms with Gasteiger partial charge in [0.1, 0.15) is 11.6 Å². The molecule has 1 aromatic carbocycles. The Bertz CT molecular complexity index is 737. The minimum absolute atomic E-state index is 0.310. The minimum Gasteiger partial charge on any atom is -0.333 e. The first-order valence-corrected chi connectivity index (χ1v) is 8.12. The van der Waals surface area contributed by atoms with Gasteiger partial charge in [-0.15, -0.1) is 11.3 Å². The Morgan fingerprint density at radius 1 is 1.21 bits per heavy atom. The Kier molecular flexibility index (Phi) is 5.18. The van der Waals surface area contributed by atoms with Crippen molar-refractivity contribution >= 4 is 34.2 Å². The van der Waals surface area contributed by atoms with Crippen LogP contribution >= 0.6 is 11.3 Å². The molecule has 0 fully saturated rings. The molecule has 0 aliphatic rings. The van der Waals surface area contributed by atoms with Gasteiger partial charge in [0.05, 0.1) is 0 Å². The Labute approximate surface area is 143 Å².